The van der Waals surface area contributed by atoms with E-state index in [2.05, 4.69) is 0 Å². The fraction of sp³-hybridized carbons (Fsp3) is 0.625. The van der Waals surface area contributed by atoms with E-state index in [0.29, 0.717) is 35.6 Å². The summed E-state index contributed by atoms with van der Waals surface area (Å²) in [4.78, 5) is 0.345. The number of methoxy groups -OCH3 is 1. The second kappa shape index (κ2) is 5.83. The SMILES string of the molecule is COc1ccc(S(=O)(=O)N2CC3CCCC(N)C3C2)cc1C. The van der Waals surface area contributed by atoms with Crippen LogP contribution in [0.5, 0.6) is 5.75 Å². The molecule has 1 saturated carbocycles. The van der Waals surface area contributed by atoms with Crippen LogP contribution >= 0.6 is 0 Å². The topological polar surface area (TPSA) is 72.6 Å². The van der Waals surface area contributed by atoms with Crippen LogP contribution in [-0.2, 0) is 10.0 Å². The first-order valence-electron chi connectivity index (χ1n) is 7.84. The van der Waals surface area contributed by atoms with E-state index in [9.17, 15) is 8.42 Å². The molecule has 5 nitrogen and oxygen atoms in total. The second-order valence-corrected chi connectivity index (χ2v) is 8.41. The lowest BCUT2D eigenvalue weighted by Crippen LogP contribution is -2.38. The van der Waals surface area contributed by atoms with Gasteiger partial charge in [0.25, 0.3) is 0 Å². The molecule has 3 unspecified atom stereocenters. The maximum Gasteiger partial charge on any atom is 0.243 e. The Morgan fingerprint density at radius 2 is 2.05 bits per heavy atom. The third-order valence-corrected chi connectivity index (χ3v) is 6.95. The first-order chi connectivity index (χ1) is 10.4. The fourth-order valence-electron chi connectivity index (χ4n) is 3.83. The highest BCUT2D eigenvalue weighted by Gasteiger charge is 2.43. The zero-order valence-electron chi connectivity index (χ0n) is 13.2. The maximum absolute atomic E-state index is 12.9. The number of rotatable bonds is 3. The van der Waals surface area contributed by atoms with Gasteiger partial charge >= 0.3 is 0 Å². The van der Waals surface area contributed by atoms with Crippen molar-refractivity contribution in [1.82, 2.24) is 4.31 Å². The number of aryl methyl sites for hydroxylation is 1. The molecule has 2 N–H and O–H groups in total. The van der Waals surface area contributed by atoms with Crippen LogP contribution < -0.4 is 10.5 Å². The van der Waals surface area contributed by atoms with Crippen LogP contribution in [0.25, 0.3) is 0 Å². The summed E-state index contributed by atoms with van der Waals surface area (Å²) in [6.07, 6.45) is 3.21. The number of hydrogen-bond donors (Lipinski definition) is 1. The van der Waals surface area contributed by atoms with Crippen molar-refractivity contribution in [2.75, 3.05) is 20.2 Å². The monoisotopic (exact) mass is 324 g/mol. The molecule has 1 saturated heterocycles. The molecular weight excluding hydrogens is 300 g/mol. The van der Waals surface area contributed by atoms with Crippen LogP contribution in [0.15, 0.2) is 23.1 Å². The van der Waals surface area contributed by atoms with E-state index in [-0.39, 0.29) is 6.04 Å². The Morgan fingerprint density at radius 1 is 1.27 bits per heavy atom. The van der Waals surface area contributed by atoms with Crippen molar-refractivity contribution < 1.29 is 13.2 Å². The molecule has 1 heterocycles. The molecule has 3 rings (SSSR count). The van der Waals surface area contributed by atoms with Gasteiger partial charge in [0, 0.05) is 19.1 Å². The Hall–Kier alpha value is -1.11. The smallest absolute Gasteiger partial charge is 0.243 e. The maximum atomic E-state index is 12.9. The summed E-state index contributed by atoms with van der Waals surface area (Å²) < 4.78 is 32.6. The zero-order valence-corrected chi connectivity index (χ0v) is 14.0. The van der Waals surface area contributed by atoms with Gasteiger partial charge in [-0.25, -0.2) is 8.42 Å². The van der Waals surface area contributed by atoms with Crippen LogP contribution in [0.3, 0.4) is 0 Å². The predicted molar refractivity (Wildman–Crippen MR) is 85.3 cm³/mol. The third kappa shape index (κ3) is 2.64. The number of fused-ring (bicyclic) bond motifs is 1. The van der Waals surface area contributed by atoms with E-state index in [1.165, 1.54) is 0 Å². The summed E-state index contributed by atoms with van der Waals surface area (Å²) in [5.41, 5.74) is 7.02. The standard InChI is InChI=1S/C16H24N2O3S/c1-11-8-13(6-7-16(11)21-2)22(19,20)18-9-12-4-3-5-15(17)14(12)10-18/h6-8,12,14-15H,3-5,9-10,17H2,1-2H3. The summed E-state index contributed by atoms with van der Waals surface area (Å²) in [5.74, 6) is 1.43. The highest BCUT2D eigenvalue weighted by atomic mass is 32.2. The lowest BCUT2D eigenvalue weighted by atomic mass is 9.78. The third-order valence-electron chi connectivity index (χ3n) is 5.12. The Kier molecular flexibility index (Phi) is 4.18. The summed E-state index contributed by atoms with van der Waals surface area (Å²) in [6.45, 7) is 3.02. The molecule has 0 radical (unpaired) electrons. The minimum Gasteiger partial charge on any atom is -0.496 e. The molecule has 3 atom stereocenters. The van der Waals surface area contributed by atoms with Gasteiger partial charge in [-0.05, 0) is 55.4 Å². The van der Waals surface area contributed by atoms with Crippen molar-refractivity contribution in [3.8, 4) is 5.75 Å². The normalized spacial score (nSPS) is 29.3. The molecule has 1 aromatic rings. The van der Waals surface area contributed by atoms with Crippen LogP contribution in [0.2, 0.25) is 0 Å². The van der Waals surface area contributed by atoms with E-state index in [1.807, 2.05) is 6.92 Å². The van der Waals surface area contributed by atoms with E-state index < -0.39 is 10.0 Å². The first kappa shape index (κ1) is 15.8. The van der Waals surface area contributed by atoms with Gasteiger partial charge in [0.15, 0.2) is 0 Å². The molecule has 0 spiro atoms. The molecule has 1 aliphatic carbocycles. The molecule has 1 aliphatic heterocycles. The van der Waals surface area contributed by atoms with Crippen molar-refractivity contribution in [3.63, 3.8) is 0 Å². The lowest BCUT2D eigenvalue weighted by molar-refractivity contribution is 0.260. The van der Waals surface area contributed by atoms with Gasteiger partial charge in [-0.15, -0.1) is 0 Å². The van der Waals surface area contributed by atoms with Crippen molar-refractivity contribution in [3.05, 3.63) is 23.8 Å². The number of nitrogens with zero attached hydrogens (tertiary/aromatic N) is 1. The molecule has 22 heavy (non-hydrogen) atoms. The van der Waals surface area contributed by atoms with Crippen molar-refractivity contribution in [2.45, 2.75) is 37.1 Å². The highest BCUT2D eigenvalue weighted by Crippen LogP contribution is 2.38. The quantitative estimate of drug-likeness (QED) is 0.919. The Bertz CT molecular complexity index is 659. The van der Waals surface area contributed by atoms with Crippen molar-refractivity contribution in [1.29, 1.82) is 0 Å². The zero-order chi connectivity index (χ0) is 15.9. The summed E-state index contributed by atoms with van der Waals surface area (Å²) in [7, 11) is -1.86. The molecule has 1 aromatic carbocycles. The Balaban J connectivity index is 1.86. The predicted octanol–water partition coefficient (Wildman–Crippen LogP) is 1.75. The summed E-state index contributed by atoms with van der Waals surface area (Å²) in [6, 6.07) is 5.17. The average molecular weight is 324 g/mol. The van der Waals surface area contributed by atoms with E-state index in [4.69, 9.17) is 10.5 Å². The van der Waals surface area contributed by atoms with Crippen LogP contribution in [0, 0.1) is 18.8 Å². The number of benzene rings is 1. The average Bonchev–Trinajstić information content (AvgIpc) is 2.93. The minimum absolute atomic E-state index is 0.136. The number of hydrogen-bond acceptors (Lipinski definition) is 4. The molecule has 6 heteroatoms. The molecule has 122 valence electrons. The largest absolute Gasteiger partial charge is 0.496 e. The van der Waals surface area contributed by atoms with Crippen LogP contribution in [0.1, 0.15) is 24.8 Å². The molecule has 2 aliphatic rings. The van der Waals surface area contributed by atoms with Crippen molar-refractivity contribution in [2.24, 2.45) is 17.6 Å². The number of ether oxygens (including phenoxy) is 1. The number of sulfonamides is 1. The van der Waals surface area contributed by atoms with Gasteiger partial charge in [0.1, 0.15) is 5.75 Å². The summed E-state index contributed by atoms with van der Waals surface area (Å²) in [5, 5.41) is 0. The van der Waals surface area contributed by atoms with Gasteiger partial charge in [0.2, 0.25) is 10.0 Å². The Labute approximate surface area is 132 Å². The van der Waals surface area contributed by atoms with E-state index in [0.717, 1.165) is 24.8 Å². The molecule has 0 amide bonds. The highest BCUT2D eigenvalue weighted by molar-refractivity contribution is 7.89. The van der Waals surface area contributed by atoms with Gasteiger partial charge < -0.3 is 10.5 Å². The van der Waals surface area contributed by atoms with Gasteiger partial charge in [0.05, 0.1) is 12.0 Å². The number of nitrogens with two attached hydrogens (primary N) is 1. The molecule has 2 fully saturated rings. The van der Waals surface area contributed by atoms with E-state index in [1.54, 1.807) is 29.6 Å². The molecule has 0 aromatic heterocycles. The van der Waals surface area contributed by atoms with E-state index >= 15 is 0 Å². The van der Waals surface area contributed by atoms with Gasteiger partial charge in [-0.1, -0.05) is 6.42 Å². The lowest BCUT2D eigenvalue weighted by Gasteiger charge is -2.29. The summed E-state index contributed by atoms with van der Waals surface area (Å²) >= 11 is 0. The molecule has 0 bridgehead atoms. The Morgan fingerprint density at radius 3 is 2.68 bits per heavy atom. The van der Waals surface area contributed by atoms with Crippen molar-refractivity contribution >= 4 is 10.0 Å². The van der Waals surface area contributed by atoms with Crippen LogP contribution in [0.4, 0.5) is 0 Å². The van der Waals surface area contributed by atoms with Crippen LogP contribution in [-0.4, -0.2) is 39.0 Å². The molecular formula is C16H24N2O3S. The first-order valence-corrected chi connectivity index (χ1v) is 9.28. The van der Waals surface area contributed by atoms with Gasteiger partial charge in [-0.2, -0.15) is 4.31 Å². The minimum atomic E-state index is -3.45. The van der Waals surface area contributed by atoms with Gasteiger partial charge in [-0.3, -0.25) is 0 Å². The second-order valence-electron chi connectivity index (χ2n) is 6.47. The fourth-order valence-corrected chi connectivity index (χ4v) is 5.45.